The first kappa shape index (κ1) is 9.47. The Balaban J connectivity index is 1.59. The molecule has 1 unspecified atom stereocenters. The fourth-order valence-corrected chi connectivity index (χ4v) is 2.34. The van der Waals surface area contributed by atoms with Crippen LogP contribution in [0.1, 0.15) is 25.7 Å². The molecule has 2 fully saturated rings. The average molecular weight is 182 g/mol. The number of nitrogens with one attached hydrogen (secondary N) is 1. The molecule has 1 saturated heterocycles. The summed E-state index contributed by atoms with van der Waals surface area (Å²) in [5.74, 6) is 2.02. The molecule has 1 saturated carbocycles. The van der Waals surface area contributed by atoms with Crippen molar-refractivity contribution in [2.75, 3.05) is 33.2 Å². The molecule has 1 aliphatic heterocycles. The van der Waals surface area contributed by atoms with Crippen LogP contribution in [-0.4, -0.2) is 38.1 Å². The highest BCUT2D eigenvalue weighted by Crippen LogP contribution is 2.32. The molecule has 0 bridgehead atoms. The zero-order chi connectivity index (χ0) is 9.10. The van der Waals surface area contributed by atoms with Gasteiger partial charge in [0.25, 0.3) is 0 Å². The number of nitrogens with zero attached hydrogens (tertiary/aromatic N) is 1. The van der Waals surface area contributed by atoms with Crippen LogP contribution in [0.25, 0.3) is 0 Å². The van der Waals surface area contributed by atoms with Gasteiger partial charge in [-0.15, -0.1) is 0 Å². The quantitative estimate of drug-likeness (QED) is 0.690. The first-order valence-electron chi connectivity index (χ1n) is 5.75. The Labute approximate surface area is 81.7 Å². The first-order valence-corrected chi connectivity index (χ1v) is 5.75. The van der Waals surface area contributed by atoms with E-state index >= 15 is 0 Å². The molecule has 0 amide bonds. The van der Waals surface area contributed by atoms with Crippen molar-refractivity contribution in [1.29, 1.82) is 0 Å². The molecule has 2 rings (SSSR count). The average Bonchev–Trinajstić information content (AvgIpc) is 2.85. The zero-order valence-corrected chi connectivity index (χ0v) is 8.76. The van der Waals surface area contributed by atoms with Gasteiger partial charge in [0, 0.05) is 6.54 Å². The predicted molar refractivity (Wildman–Crippen MR) is 55.8 cm³/mol. The van der Waals surface area contributed by atoms with Gasteiger partial charge in [0.1, 0.15) is 0 Å². The predicted octanol–water partition coefficient (Wildman–Crippen LogP) is 1.33. The summed E-state index contributed by atoms with van der Waals surface area (Å²) < 4.78 is 0. The highest BCUT2D eigenvalue weighted by Gasteiger charge is 2.25. The van der Waals surface area contributed by atoms with Gasteiger partial charge in [-0.05, 0) is 51.4 Å². The summed E-state index contributed by atoms with van der Waals surface area (Å²) in [6.07, 6.45) is 5.89. The standard InChI is InChI=1S/C11H22N2/c1-12-8-11-5-7-13(9-11)6-4-10-2-3-10/h10-12H,2-9H2,1H3. The van der Waals surface area contributed by atoms with Gasteiger partial charge in [0.05, 0.1) is 0 Å². The fraction of sp³-hybridized carbons (Fsp3) is 1.00. The summed E-state index contributed by atoms with van der Waals surface area (Å²) in [5, 5.41) is 3.28. The van der Waals surface area contributed by atoms with Gasteiger partial charge in [0.15, 0.2) is 0 Å². The Morgan fingerprint density at radius 1 is 1.23 bits per heavy atom. The second-order valence-corrected chi connectivity index (χ2v) is 4.75. The molecule has 0 aromatic rings. The van der Waals surface area contributed by atoms with Gasteiger partial charge in [-0.1, -0.05) is 12.8 Å². The van der Waals surface area contributed by atoms with E-state index in [1.807, 2.05) is 0 Å². The zero-order valence-electron chi connectivity index (χ0n) is 8.76. The highest BCUT2D eigenvalue weighted by atomic mass is 15.1. The monoisotopic (exact) mass is 182 g/mol. The van der Waals surface area contributed by atoms with Crippen LogP contribution in [0.4, 0.5) is 0 Å². The molecule has 0 aromatic carbocycles. The molecule has 2 nitrogen and oxygen atoms in total. The Kier molecular flexibility index (Phi) is 3.23. The third-order valence-corrected chi connectivity index (χ3v) is 3.41. The maximum Gasteiger partial charge on any atom is 0.00223 e. The summed E-state index contributed by atoms with van der Waals surface area (Å²) in [5.41, 5.74) is 0. The van der Waals surface area contributed by atoms with Gasteiger partial charge in [-0.25, -0.2) is 0 Å². The molecule has 1 aliphatic carbocycles. The Morgan fingerprint density at radius 2 is 2.08 bits per heavy atom. The van der Waals surface area contributed by atoms with E-state index in [9.17, 15) is 0 Å². The molecule has 2 heteroatoms. The highest BCUT2D eigenvalue weighted by molar-refractivity contribution is 4.80. The van der Waals surface area contributed by atoms with E-state index in [2.05, 4.69) is 17.3 Å². The maximum absolute atomic E-state index is 3.28. The van der Waals surface area contributed by atoms with Crippen LogP contribution >= 0.6 is 0 Å². The van der Waals surface area contributed by atoms with Crippen molar-refractivity contribution >= 4 is 0 Å². The lowest BCUT2D eigenvalue weighted by molar-refractivity contribution is 0.312. The van der Waals surface area contributed by atoms with Crippen molar-refractivity contribution in [3.63, 3.8) is 0 Å². The second-order valence-electron chi connectivity index (χ2n) is 4.75. The van der Waals surface area contributed by atoms with E-state index in [1.165, 1.54) is 51.9 Å². The van der Waals surface area contributed by atoms with Crippen LogP contribution in [0.3, 0.4) is 0 Å². The third-order valence-electron chi connectivity index (χ3n) is 3.41. The lowest BCUT2D eigenvalue weighted by atomic mass is 10.1. The van der Waals surface area contributed by atoms with Crippen molar-refractivity contribution in [2.45, 2.75) is 25.7 Å². The van der Waals surface area contributed by atoms with E-state index in [1.54, 1.807) is 0 Å². The van der Waals surface area contributed by atoms with Gasteiger partial charge in [0.2, 0.25) is 0 Å². The second kappa shape index (κ2) is 4.43. The Morgan fingerprint density at radius 3 is 2.77 bits per heavy atom. The lowest BCUT2D eigenvalue weighted by Crippen LogP contribution is -2.25. The Bertz CT molecular complexity index is 154. The van der Waals surface area contributed by atoms with Crippen molar-refractivity contribution in [2.24, 2.45) is 11.8 Å². The van der Waals surface area contributed by atoms with Crippen molar-refractivity contribution in [1.82, 2.24) is 10.2 Å². The topological polar surface area (TPSA) is 15.3 Å². The van der Waals surface area contributed by atoms with E-state index in [4.69, 9.17) is 0 Å². The molecule has 1 heterocycles. The first-order chi connectivity index (χ1) is 6.38. The van der Waals surface area contributed by atoms with Gasteiger partial charge >= 0.3 is 0 Å². The van der Waals surface area contributed by atoms with E-state index in [-0.39, 0.29) is 0 Å². The van der Waals surface area contributed by atoms with Crippen LogP contribution in [0.15, 0.2) is 0 Å². The molecule has 1 N–H and O–H groups in total. The molecular formula is C11H22N2. The van der Waals surface area contributed by atoms with Crippen LogP contribution in [0.5, 0.6) is 0 Å². The van der Waals surface area contributed by atoms with Crippen molar-refractivity contribution in [3.05, 3.63) is 0 Å². The summed E-state index contributed by atoms with van der Waals surface area (Å²) >= 11 is 0. The summed E-state index contributed by atoms with van der Waals surface area (Å²) in [6.45, 7) is 5.26. The van der Waals surface area contributed by atoms with Crippen LogP contribution in [-0.2, 0) is 0 Å². The molecular weight excluding hydrogens is 160 g/mol. The molecule has 2 aliphatic rings. The molecule has 0 spiro atoms. The minimum absolute atomic E-state index is 0.921. The largest absolute Gasteiger partial charge is 0.319 e. The summed E-state index contributed by atoms with van der Waals surface area (Å²) in [4.78, 5) is 2.65. The number of hydrogen-bond acceptors (Lipinski definition) is 2. The van der Waals surface area contributed by atoms with Crippen LogP contribution in [0.2, 0.25) is 0 Å². The summed E-state index contributed by atoms with van der Waals surface area (Å²) in [7, 11) is 2.06. The SMILES string of the molecule is CNCC1CCN(CCC2CC2)C1. The van der Waals surface area contributed by atoms with E-state index < -0.39 is 0 Å². The third kappa shape index (κ3) is 2.96. The number of rotatable bonds is 5. The Hall–Kier alpha value is -0.0800. The van der Waals surface area contributed by atoms with E-state index in [0.29, 0.717) is 0 Å². The van der Waals surface area contributed by atoms with Crippen LogP contribution in [0, 0.1) is 11.8 Å². The molecule has 1 atom stereocenters. The number of likely N-dealkylation sites (tertiary alicyclic amines) is 1. The molecule has 13 heavy (non-hydrogen) atoms. The van der Waals surface area contributed by atoms with Gasteiger partial charge < -0.3 is 10.2 Å². The molecule has 0 radical (unpaired) electrons. The minimum Gasteiger partial charge on any atom is -0.319 e. The van der Waals surface area contributed by atoms with Crippen LogP contribution < -0.4 is 5.32 Å². The molecule has 0 aromatic heterocycles. The van der Waals surface area contributed by atoms with Crippen molar-refractivity contribution in [3.8, 4) is 0 Å². The van der Waals surface area contributed by atoms with Gasteiger partial charge in [-0.2, -0.15) is 0 Å². The number of hydrogen-bond donors (Lipinski definition) is 1. The normalized spacial score (nSPS) is 29.8. The fourth-order valence-electron chi connectivity index (χ4n) is 2.34. The minimum atomic E-state index is 0.921. The van der Waals surface area contributed by atoms with E-state index in [0.717, 1.165) is 11.8 Å². The van der Waals surface area contributed by atoms with Crippen molar-refractivity contribution < 1.29 is 0 Å². The van der Waals surface area contributed by atoms with Gasteiger partial charge in [-0.3, -0.25) is 0 Å². The molecule has 76 valence electrons. The lowest BCUT2D eigenvalue weighted by Gasteiger charge is -2.15. The smallest absolute Gasteiger partial charge is 0.00223 e. The summed E-state index contributed by atoms with van der Waals surface area (Å²) in [6, 6.07) is 0. The maximum atomic E-state index is 3.28.